The van der Waals surface area contributed by atoms with Gasteiger partial charge < -0.3 is 21.3 Å². The summed E-state index contributed by atoms with van der Waals surface area (Å²) < 4.78 is 0. The fourth-order valence-electron chi connectivity index (χ4n) is 0.439. The molecular formula is C5H10N2O4. The van der Waals surface area contributed by atoms with Gasteiger partial charge in [0.2, 0.25) is 5.91 Å². The van der Waals surface area contributed by atoms with Gasteiger partial charge in [0.15, 0.2) is 0 Å². The maximum atomic E-state index is 10.5. The Kier molecular flexibility index (Phi) is 4.16. The molecule has 0 aliphatic heterocycles. The van der Waals surface area contributed by atoms with E-state index in [1.54, 1.807) is 0 Å². The van der Waals surface area contributed by atoms with Crippen LogP contribution in [0, 0.1) is 0 Å². The average molecular weight is 162 g/mol. The number of amides is 1. The molecule has 1 atom stereocenters. The second-order valence-electron chi connectivity index (χ2n) is 1.85. The van der Waals surface area contributed by atoms with E-state index >= 15 is 0 Å². The van der Waals surface area contributed by atoms with Gasteiger partial charge in [-0.1, -0.05) is 0 Å². The van der Waals surface area contributed by atoms with Crippen LogP contribution in [0.2, 0.25) is 0 Å². The van der Waals surface area contributed by atoms with Crippen molar-refractivity contribution in [3.05, 3.63) is 0 Å². The fraction of sp³-hybridized carbons (Fsp3) is 0.600. The second-order valence-corrected chi connectivity index (χ2v) is 1.85. The highest BCUT2D eigenvalue weighted by Crippen LogP contribution is 1.80. The number of aliphatic carboxylic acids is 1. The minimum Gasteiger partial charge on any atom is -0.480 e. The lowest BCUT2D eigenvalue weighted by Gasteiger charge is -2.09. The van der Waals surface area contributed by atoms with Crippen molar-refractivity contribution >= 4 is 11.9 Å². The summed E-state index contributed by atoms with van der Waals surface area (Å²) in [5.41, 5.74) is 4.89. The number of hydrogen-bond acceptors (Lipinski definition) is 4. The molecule has 0 aromatic heterocycles. The van der Waals surface area contributed by atoms with Gasteiger partial charge in [0.25, 0.3) is 0 Å². The average Bonchev–Trinajstić information content (AvgIpc) is 1.99. The van der Waals surface area contributed by atoms with E-state index in [9.17, 15) is 9.59 Å². The molecular weight excluding hydrogens is 152 g/mol. The van der Waals surface area contributed by atoms with Crippen molar-refractivity contribution in [2.45, 2.75) is 6.04 Å². The van der Waals surface area contributed by atoms with E-state index in [2.05, 4.69) is 0 Å². The quantitative estimate of drug-likeness (QED) is 0.365. The summed E-state index contributed by atoms with van der Waals surface area (Å²) in [6.07, 6.45) is 0. The van der Waals surface area contributed by atoms with Gasteiger partial charge in [-0.3, -0.25) is 4.79 Å². The number of carbonyl (C=O) groups is 2. The Labute approximate surface area is 63.0 Å². The van der Waals surface area contributed by atoms with Gasteiger partial charge in [-0.2, -0.15) is 0 Å². The summed E-state index contributed by atoms with van der Waals surface area (Å²) in [4.78, 5) is 20.6. The van der Waals surface area contributed by atoms with Crippen LogP contribution in [-0.4, -0.2) is 41.3 Å². The molecule has 0 aliphatic rings. The monoisotopic (exact) mass is 162 g/mol. The van der Waals surface area contributed by atoms with E-state index in [-0.39, 0.29) is 6.54 Å². The molecule has 0 bridgehead atoms. The Morgan fingerprint density at radius 3 is 2.36 bits per heavy atom. The van der Waals surface area contributed by atoms with Gasteiger partial charge >= 0.3 is 5.97 Å². The summed E-state index contributed by atoms with van der Waals surface area (Å²) in [6, 6.07) is -1.26. The summed E-state index contributed by atoms with van der Waals surface area (Å²) in [5, 5.41) is 18.7. The Bertz CT molecular complexity index is 159. The molecule has 5 N–H and O–H groups in total. The summed E-state index contributed by atoms with van der Waals surface area (Å²) in [7, 11) is 0. The highest BCUT2D eigenvalue weighted by molar-refractivity contribution is 5.84. The standard InChI is InChI=1S/C5H10N2O4/c6-1-4(9)7-3(2-8)5(10)11/h3,8H,1-2,6H2,(H,7,9)(H,10,11). The molecule has 0 heterocycles. The van der Waals surface area contributed by atoms with Crippen molar-refractivity contribution in [3.8, 4) is 0 Å². The van der Waals surface area contributed by atoms with E-state index < -0.39 is 24.5 Å². The molecule has 1 unspecified atom stereocenters. The van der Waals surface area contributed by atoms with Gasteiger partial charge in [-0.15, -0.1) is 0 Å². The van der Waals surface area contributed by atoms with Crippen molar-refractivity contribution in [3.63, 3.8) is 0 Å². The zero-order valence-electron chi connectivity index (χ0n) is 5.78. The van der Waals surface area contributed by atoms with Crippen molar-refractivity contribution in [2.75, 3.05) is 13.2 Å². The smallest absolute Gasteiger partial charge is 0.328 e. The minimum absolute atomic E-state index is 0.288. The van der Waals surface area contributed by atoms with E-state index in [4.69, 9.17) is 15.9 Å². The first-order valence-corrected chi connectivity index (χ1v) is 2.95. The molecule has 0 fully saturated rings. The number of rotatable bonds is 4. The van der Waals surface area contributed by atoms with E-state index in [0.717, 1.165) is 0 Å². The van der Waals surface area contributed by atoms with Gasteiger partial charge in [0, 0.05) is 0 Å². The zero-order valence-corrected chi connectivity index (χ0v) is 5.78. The van der Waals surface area contributed by atoms with Gasteiger partial charge in [-0.25, -0.2) is 4.79 Å². The number of carboxylic acids is 1. The molecule has 11 heavy (non-hydrogen) atoms. The topological polar surface area (TPSA) is 113 Å². The van der Waals surface area contributed by atoms with E-state index in [1.807, 2.05) is 5.32 Å². The Balaban J connectivity index is 3.88. The van der Waals surface area contributed by atoms with Crippen molar-refractivity contribution in [1.82, 2.24) is 5.32 Å². The van der Waals surface area contributed by atoms with E-state index in [1.165, 1.54) is 0 Å². The van der Waals surface area contributed by atoms with Crippen LogP contribution in [0.25, 0.3) is 0 Å². The lowest BCUT2D eigenvalue weighted by Crippen LogP contribution is -2.45. The van der Waals surface area contributed by atoms with Crippen LogP contribution in [0.15, 0.2) is 0 Å². The molecule has 0 spiro atoms. The van der Waals surface area contributed by atoms with Crippen LogP contribution in [0.3, 0.4) is 0 Å². The molecule has 6 heteroatoms. The maximum Gasteiger partial charge on any atom is 0.328 e. The van der Waals surface area contributed by atoms with Crippen molar-refractivity contribution in [2.24, 2.45) is 5.73 Å². The van der Waals surface area contributed by atoms with Gasteiger partial charge in [0.1, 0.15) is 6.04 Å². The molecule has 64 valence electrons. The normalized spacial score (nSPS) is 12.2. The van der Waals surface area contributed by atoms with Gasteiger partial charge in [0.05, 0.1) is 13.2 Å². The van der Waals surface area contributed by atoms with Crippen molar-refractivity contribution < 1.29 is 19.8 Å². The number of aliphatic hydroxyl groups excluding tert-OH is 1. The first-order valence-electron chi connectivity index (χ1n) is 2.95. The first kappa shape index (κ1) is 9.86. The number of aliphatic hydroxyl groups is 1. The summed E-state index contributed by atoms with van der Waals surface area (Å²) in [6.45, 7) is -0.926. The number of nitrogens with one attached hydrogen (secondary N) is 1. The second kappa shape index (κ2) is 4.64. The highest BCUT2D eigenvalue weighted by Gasteiger charge is 2.17. The Morgan fingerprint density at radius 1 is 1.55 bits per heavy atom. The van der Waals surface area contributed by atoms with Crippen LogP contribution >= 0.6 is 0 Å². The maximum absolute atomic E-state index is 10.5. The molecule has 0 aromatic rings. The van der Waals surface area contributed by atoms with Crippen LogP contribution < -0.4 is 11.1 Å². The summed E-state index contributed by atoms with van der Waals surface area (Å²) >= 11 is 0. The lowest BCUT2D eigenvalue weighted by atomic mass is 10.3. The van der Waals surface area contributed by atoms with Crippen LogP contribution in [0.1, 0.15) is 0 Å². The molecule has 1 amide bonds. The number of carbonyl (C=O) groups excluding carboxylic acids is 1. The van der Waals surface area contributed by atoms with Crippen LogP contribution in [0.5, 0.6) is 0 Å². The zero-order chi connectivity index (χ0) is 8.85. The lowest BCUT2D eigenvalue weighted by molar-refractivity contribution is -0.142. The largest absolute Gasteiger partial charge is 0.480 e. The third kappa shape index (κ3) is 3.54. The Morgan fingerprint density at radius 2 is 2.09 bits per heavy atom. The fourth-order valence-corrected chi connectivity index (χ4v) is 0.439. The van der Waals surface area contributed by atoms with Crippen molar-refractivity contribution in [1.29, 1.82) is 0 Å². The predicted molar refractivity (Wildman–Crippen MR) is 35.7 cm³/mol. The molecule has 0 aliphatic carbocycles. The SMILES string of the molecule is NCC(=O)NC(CO)C(=O)O. The van der Waals surface area contributed by atoms with Crippen LogP contribution in [0.4, 0.5) is 0 Å². The van der Waals surface area contributed by atoms with Gasteiger partial charge in [-0.05, 0) is 0 Å². The molecule has 0 saturated heterocycles. The minimum atomic E-state index is -1.28. The predicted octanol–water partition coefficient (Wildman–Crippen LogP) is -2.49. The third-order valence-corrected chi connectivity index (χ3v) is 1.00. The third-order valence-electron chi connectivity index (χ3n) is 1.00. The van der Waals surface area contributed by atoms with E-state index in [0.29, 0.717) is 0 Å². The van der Waals surface area contributed by atoms with Crippen LogP contribution in [-0.2, 0) is 9.59 Å². The molecule has 0 radical (unpaired) electrons. The molecule has 0 saturated carbocycles. The summed E-state index contributed by atoms with van der Waals surface area (Å²) in [5.74, 6) is -1.89. The number of carboxylic acid groups (broad SMARTS) is 1. The molecule has 0 rings (SSSR count). The number of hydrogen-bond donors (Lipinski definition) is 4. The Hall–Kier alpha value is -1.14. The highest BCUT2D eigenvalue weighted by atomic mass is 16.4. The number of nitrogens with two attached hydrogens (primary N) is 1. The molecule has 6 nitrogen and oxygen atoms in total. The first-order chi connectivity index (χ1) is 5.11. The molecule has 0 aromatic carbocycles.